The topological polar surface area (TPSA) is 26.3 Å². The second-order valence-corrected chi connectivity index (χ2v) is 3.71. The summed E-state index contributed by atoms with van der Waals surface area (Å²) in [5, 5.41) is 0. The molecule has 0 N–H and O–H groups in total. The van der Waals surface area contributed by atoms with Gasteiger partial charge in [-0.15, -0.1) is 0 Å². The summed E-state index contributed by atoms with van der Waals surface area (Å²) >= 11 is 0. The third kappa shape index (κ3) is 2.17. The lowest BCUT2D eigenvalue weighted by Gasteiger charge is -2.08. The molecule has 0 spiro atoms. The number of benzene rings is 1. The molecular weight excluding hydrogens is 195 g/mol. The van der Waals surface area contributed by atoms with E-state index >= 15 is 0 Å². The quantitative estimate of drug-likeness (QED) is 0.711. The van der Waals surface area contributed by atoms with Crippen LogP contribution in [0.1, 0.15) is 30.1 Å². The van der Waals surface area contributed by atoms with E-state index in [0.29, 0.717) is 17.9 Å². The minimum absolute atomic E-state index is 0.0120. The van der Waals surface area contributed by atoms with Crippen LogP contribution in [0.25, 0.3) is 0 Å². The first-order chi connectivity index (χ1) is 7.22. The van der Waals surface area contributed by atoms with Gasteiger partial charge < -0.3 is 4.74 Å². The van der Waals surface area contributed by atoms with Crippen LogP contribution in [-0.4, -0.2) is 12.4 Å². The van der Waals surface area contributed by atoms with Crippen molar-refractivity contribution in [2.45, 2.75) is 19.8 Å². The lowest BCUT2D eigenvalue weighted by Crippen LogP contribution is -2.06. The van der Waals surface area contributed by atoms with Crippen LogP contribution in [0.15, 0.2) is 18.2 Å². The molecule has 0 aliphatic heterocycles. The van der Waals surface area contributed by atoms with Crippen molar-refractivity contribution >= 4 is 5.78 Å². The molecule has 15 heavy (non-hydrogen) atoms. The summed E-state index contributed by atoms with van der Waals surface area (Å²) in [6.07, 6.45) is 1.84. The molecule has 80 valence electrons. The fourth-order valence-electron chi connectivity index (χ4n) is 1.54. The Bertz CT molecular complexity index is 383. The Balaban J connectivity index is 2.32. The molecule has 0 atom stereocenters. The van der Waals surface area contributed by atoms with Crippen molar-refractivity contribution < 1.29 is 13.9 Å². The number of carbonyl (C=O) groups excluding carboxylic acids is 1. The van der Waals surface area contributed by atoms with Crippen LogP contribution in [-0.2, 0) is 0 Å². The number of carbonyl (C=O) groups is 1. The van der Waals surface area contributed by atoms with Gasteiger partial charge in [0.1, 0.15) is 11.6 Å². The Morgan fingerprint density at radius 3 is 2.87 bits per heavy atom. The molecule has 0 unspecified atom stereocenters. The van der Waals surface area contributed by atoms with Crippen molar-refractivity contribution in [3.63, 3.8) is 0 Å². The molecule has 2 nitrogen and oxygen atoms in total. The Morgan fingerprint density at radius 2 is 2.27 bits per heavy atom. The van der Waals surface area contributed by atoms with Gasteiger partial charge in [0.25, 0.3) is 0 Å². The van der Waals surface area contributed by atoms with Crippen LogP contribution >= 0.6 is 0 Å². The summed E-state index contributed by atoms with van der Waals surface area (Å²) in [7, 11) is 0. The van der Waals surface area contributed by atoms with Crippen molar-refractivity contribution in [3.8, 4) is 5.75 Å². The SMILES string of the molecule is CCOc1ccc(F)cc1C(=O)C1CC1. The van der Waals surface area contributed by atoms with Crippen LogP contribution < -0.4 is 4.74 Å². The fraction of sp³-hybridized carbons (Fsp3) is 0.417. The van der Waals surface area contributed by atoms with E-state index in [4.69, 9.17) is 4.74 Å². The molecule has 0 radical (unpaired) electrons. The Labute approximate surface area is 88.1 Å². The predicted molar refractivity (Wildman–Crippen MR) is 54.6 cm³/mol. The molecule has 1 aliphatic carbocycles. The highest BCUT2D eigenvalue weighted by molar-refractivity contribution is 6.01. The molecule has 1 aliphatic rings. The average Bonchev–Trinajstić information content (AvgIpc) is 3.03. The van der Waals surface area contributed by atoms with E-state index in [1.165, 1.54) is 18.2 Å². The minimum Gasteiger partial charge on any atom is -0.493 e. The Morgan fingerprint density at radius 1 is 1.53 bits per heavy atom. The summed E-state index contributed by atoms with van der Waals surface area (Å²) in [5.74, 6) is 0.210. The zero-order valence-electron chi connectivity index (χ0n) is 8.63. The van der Waals surface area contributed by atoms with Crippen LogP contribution in [0.3, 0.4) is 0 Å². The molecular formula is C12H13FO2. The van der Waals surface area contributed by atoms with Crippen LogP contribution in [0.5, 0.6) is 5.75 Å². The van der Waals surface area contributed by atoms with E-state index in [0.717, 1.165) is 12.8 Å². The molecule has 0 bridgehead atoms. The largest absolute Gasteiger partial charge is 0.493 e. The number of ketones is 1. The third-order valence-corrected chi connectivity index (χ3v) is 2.46. The normalized spacial score (nSPS) is 15.1. The number of ether oxygens (including phenoxy) is 1. The molecule has 1 saturated carbocycles. The Kier molecular flexibility index (Phi) is 2.71. The molecule has 1 fully saturated rings. The molecule has 2 rings (SSSR count). The molecule has 0 saturated heterocycles. The smallest absolute Gasteiger partial charge is 0.169 e. The average molecular weight is 208 g/mol. The number of hydrogen-bond acceptors (Lipinski definition) is 2. The van der Waals surface area contributed by atoms with Crippen LogP contribution in [0.4, 0.5) is 4.39 Å². The summed E-state index contributed by atoms with van der Waals surface area (Å²) in [6, 6.07) is 4.11. The molecule has 1 aromatic rings. The van der Waals surface area contributed by atoms with Crippen molar-refractivity contribution in [2.75, 3.05) is 6.61 Å². The van der Waals surface area contributed by atoms with Gasteiger partial charge in [-0.2, -0.15) is 0 Å². The van der Waals surface area contributed by atoms with Gasteiger partial charge >= 0.3 is 0 Å². The summed E-state index contributed by atoms with van der Waals surface area (Å²) in [5.41, 5.74) is 0.388. The van der Waals surface area contributed by atoms with E-state index < -0.39 is 0 Å². The molecule has 0 amide bonds. The molecule has 0 aromatic heterocycles. The maximum Gasteiger partial charge on any atom is 0.169 e. The second kappa shape index (κ2) is 4.01. The van der Waals surface area contributed by atoms with Crippen LogP contribution in [0.2, 0.25) is 0 Å². The summed E-state index contributed by atoms with van der Waals surface area (Å²) in [4.78, 5) is 11.8. The number of halogens is 1. The lowest BCUT2D eigenvalue weighted by molar-refractivity contribution is 0.0963. The van der Waals surface area contributed by atoms with Crippen molar-refractivity contribution in [3.05, 3.63) is 29.6 Å². The molecule has 0 heterocycles. The first kappa shape index (κ1) is 10.1. The van der Waals surface area contributed by atoms with Crippen molar-refractivity contribution in [2.24, 2.45) is 5.92 Å². The Hall–Kier alpha value is -1.38. The predicted octanol–water partition coefficient (Wildman–Crippen LogP) is 2.82. The van der Waals surface area contributed by atoms with Crippen molar-refractivity contribution in [1.29, 1.82) is 0 Å². The first-order valence-electron chi connectivity index (χ1n) is 5.19. The maximum atomic E-state index is 13.0. The summed E-state index contributed by atoms with van der Waals surface area (Å²) in [6.45, 7) is 2.32. The van der Waals surface area contributed by atoms with Gasteiger partial charge in [-0.25, -0.2) is 4.39 Å². The first-order valence-corrected chi connectivity index (χ1v) is 5.19. The van der Waals surface area contributed by atoms with E-state index in [1.807, 2.05) is 6.92 Å². The number of rotatable bonds is 4. The third-order valence-electron chi connectivity index (χ3n) is 2.46. The van der Waals surface area contributed by atoms with Gasteiger partial charge in [-0.3, -0.25) is 4.79 Å². The number of Topliss-reactive ketones (excluding diaryl/α,β-unsaturated/α-hetero) is 1. The highest BCUT2D eigenvalue weighted by atomic mass is 19.1. The van der Waals surface area contributed by atoms with Gasteiger partial charge in [-0.05, 0) is 38.0 Å². The summed E-state index contributed by atoms with van der Waals surface area (Å²) < 4.78 is 18.3. The molecule has 1 aromatic carbocycles. The molecule has 3 heteroatoms. The van der Waals surface area contributed by atoms with E-state index in [9.17, 15) is 9.18 Å². The monoisotopic (exact) mass is 208 g/mol. The second-order valence-electron chi connectivity index (χ2n) is 3.71. The highest BCUT2D eigenvalue weighted by Gasteiger charge is 2.32. The fourth-order valence-corrected chi connectivity index (χ4v) is 1.54. The number of hydrogen-bond donors (Lipinski definition) is 0. The standard InChI is InChI=1S/C12H13FO2/c1-2-15-11-6-5-9(13)7-10(11)12(14)8-3-4-8/h5-8H,2-4H2,1H3. The zero-order chi connectivity index (χ0) is 10.8. The van der Waals surface area contributed by atoms with E-state index in [-0.39, 0.29) is 17.5 Å². The van der Waals surface area contributed by atoms with Crippen LogP contribution in [0, 0.1) is 11.7 Å². The van der Waals surface area contributed by atoms with Gasteiger partial charge in [-0.1, -0.05) is 0 Å². The zero-order valence-corrected chi connectivity index (χ0v) is 8.63. The van der Waals surface area contributed by atoms with Gasteiger partial charge in [0.05, 0.1) is 12.2 Å². The van der Waals surface area contributed by atoms with Gasteiger partial charge in [0, 0.05) is 5.92 Å². The minimum atomic E-state index is -0.387. The van der Waals surface area contributed by atoms with Gasteiger partial charge in [0.15, 0.2) is 5.78 Å². The van der Waals surface area contributed by atoms with Crippen molar-refractivity contribution in [1.82, 2.24) is 0 Å². The lowest BCUT2D eigenvalue weighted by atomic mass is 10.1. The van der Waals surface area contributed by atoms with E-state index in [2.05, 4.69) is 0 Å². The van der Waals surface area contributed by atoms with Gasteiger partial charge in [0.2, 0.25) is 0 Å². The van der Waals surface area contributed by atoms with E-state index in [1.54, 1.807) is 0 Å². The highest BCUT2D eigenvalue weighted by Crippen LogP contribution is 2.35. The maximum absolute atomic E-state index is 13.0.